The zero-order chi connectivity index (χ0) is 15.0. The summed E-state index contributed by atoms with van der Waals surface area (Å²) in [6, 6.07) is 12.9. The van der Waals surface area contributed by atoms with E-state index in [0.29, 0.717) is 5.82 Å². The van der Waals surface area contributed by atoms with Crippen LogP contribution in [0.4, 0.5) is 5.82 Å². The van der Waals surface area contributed by atoms with Crippen LogP contribution in [-0.4, -0.2) is 16.1 Å². The number of aromatic nitrogens is 1. The minimum absolute atomic E-state index is 0.283. The summed E-state index contributed by atoms with van der Waals surface area (Å²) in [6.07, 6.45) is 1.73. The normalized spacial score (nSPS) is 10.7. The van der Waals surface area contributed by atoms with Gasteiger partial charge in [0.1, 0.15) is 5.82 Å². The largest absolute Gasteiger partial charge is 0.478 e. The Kier molecular flexibility index (Phi) is 3.06. The third-order valence-corrected chi connectivity index (χ3v) is 3.54. The molecule has 0 amide bonds. The Morgan fingerprint density at radius 1 is 1.10 bits per heavy atom. The summed E-state index contributed by atoms with van der Waals surface area (Å²) in [7, 11) is 0. The third-order valence-electron chi connectivity index (χ3n) is 3.54. The molecule has 0 bridgehead atoms. The zero-order valence-corrected chi connectivity index (χ0v) is 11.5. The van der Waals surface area contributed by atoms with Gasteiger partial charge in [0.05, 0.1) is 5.56 Å². The van der Waals surface area contributed by atoms with E-state index in [-0.39, 0.29) is 5.56 Å². The average molecular weight is 278 g/mol. The maximum atomic E-state index is 11.1. The Balaban J connectivity index is 2.18. The van der Waals surface area contributed by atoms with Crippen LogP contribution in [0.1, 0.15) is 15.9 Å². The molecular weight excluding hydrogens is 264 g/mol. The number of hydrogen-bond donors (Lipinski definition) is 2. The van der Waals surface area contributed by atoms with Crippen molar-refractivity contribution in [2.45, 2.75) is 6.92 Å². The van der Waals surface area contributed by atoms with Crippen molar-refractivity contribution >= 4 is 22.6 Å². The molecule has 4 nitrogen and oxygen atoms in total. The number of hydrogen-bond acceptors (Lipinski definition) is 3. The van der Waals surface area contributed by atoms with E-state index in [1.165, 1.54) is 0 Å². The van der Waals surface area contributed by atoms with Gasteiger partial charge in [0.15, 0.2) is 0 Å². The van der Waals surface area contributed by atoms with Crippen molar-refractivity contribution in [3.63, 3.8) is 0 Å². The highest BCUT2D eigenvalue weighted by Crippen LogP contribution is 2.28. The quantitative estimate of drug-likeness (QED) is 0.752. The molecule has 0 fully saturated rings. The van der Waals surface area contributed by atoms with E-state index >= 15 is 0 Å². The molecule has 0 aliphatic carbocycles. The van der Waals surface area contributed by atoms with E-state index in [1.807, 2.05) is 37.3 Å². The molecule has 0 saturated heterocycles. The van der Waals surface area contributed by atoms with Gasteiger partial charge in [0.25, 0.3) is 0 Å². The van der Waals surface area contributed by atoms with Gasteiger partial charge in [-0.25, -0.2) is 9.78 Å². The van der Waals surface area contributed by atoms with E-state index in [4.69, 9.17) is 10.8 Å². The van der Waals surface area contributed by atoms with Gasteiger partial charge >= 0.3 is 5.97 Å². The van der Waals surface area contributed by atoms with Crippen LogP contribution in [0.3, 0.4) is 0 Å². The Labute approximate surface area is 121 Å². The molecule has 0 spiro atoms. The Hall–Kier alpha value is -2.88. The van der Waals surface area contributed by atoms with Crippen molar-refractivity contribution in [3.8, 4) is 11.1 Å². The molecule has 0 unspecified atom stereocenters. The lowest BCUT2D eigenvalue weighted by Gasteiger charge is -2.09. The maximum Gasteiger partial charge on any atom is 0.335 e. The molecule has 4 heteroatoms. The number of carboxylic acid groups (broad SMARTS) is 1. The SMILES string of the molecule is Cc1ccc(C(=O)O)cc1-c1ccc2cc(N)ncc2c1. The molecule has 0 aliphatic heterocycles. The molecule has 0 saturated carbocycles. The number of benzene rings is 2. The summed E-state index contributed by atoms with van der Waals surface area (Å²) >= 11 is 0. The first-order valence-corrected chi connectivity index (χ1v) is 6.54. The van der Waals surface area contributed by atoms with Crippen LogP contribution in [0.2, 0.25) is 0 Å². The molecule has 3 N–H and O–H groups in total. The van der Waals surface area contributed by atoms with E-state index in [0.717, 1.165) is 27.5 Å². The summed E-state index contributed by atoms with van der Waals surface area (Å²) in [5, 5.41) is 11.1. The number of nitrogens with zero attached hydrogens (tertiary/aromatic N) is 1. The molecule has 3 rings (SSSR count). The number of aryl methyl sites for hydroxylation is 1. The first-order valence-electron chi connectivity index (χ1n) is 6.54. The van der Waals surface area contributed by atoms with Gasteiger partial charge in [0, 0.05) is 11.6 Å². The number of nitrogens with two attached hydrogens (primary N) is 1. The Morgan fingerprint density at radius 3 is 2.67 bits per heavy atom. The number of fused-ring (bicyclic) bond motifs is 1. The highest BCUT2D eigenvalue weighted by atomic mass is 16.4. The summed E-state index contributed by atoms with van der Waals surface area (Å²) in [4.78, 5) is 15.2. The standard InChI is InChI=1S/C17H14N2O2/c1-10-2-3-13(17(20)21)7-15(10)12-5-4-11-8-16(18)19-9-14(11)6-12/h2-9H,1H3,(H2,18,19)(H,20,21). The van der Waals surface area contributed by atoms with Crippen LogP contribution >= 0.6 is 0 Å². The number of rotatable bonds is 2. The molecule has 21 heavy (non-hydrogen) atoms. The van der Waals surface area contributed by atoms with Crippen molar-refractivity contribution in [2.75, 3.05) is 5.73 Å². The first-order chi connectivity index (χ1) is 10.0. The van der Waals surface area contributed by atoms with Gasteiger partial charge in [-0.05, 0) is 53.3 Å². The van der Waals surface area contributed by atoms with Crippen LogP contribution in [0.25, 0.3) is 21.9 Å². The second-order valence-electron chi connectivity index (χ2n) is 5.01. The van der Waals surface area contributed by atoms with Gasteiger partial charge in [-0.1, -0.05) is 18.2 Å². The predicted molar refractivity (Wildman–Crippen MR) is 83.3 cm³/mol. The lowest BCUT2D eigenvalue weighted by atomic mass is 9.96. The fourth-order valence-electron chi connectivity index (χ4n) is 2.39. The second-order valence-corrected chi connectivity index (χ2v) is 5.01. The molecule has 104 valence electrons. The molecule has 0 aliphatic rings. The first kappa shape index (κ1) is 13.1. The monoisotopic (exact) mass is 278 g/mol. The Morgan fingerprint density at radius 2 is 1.90 bits per heavy atom. The van der Waals surface area contributed by atoms with Gasteiger partial charge in [-0.3, -0.25) is 0 Å². The lowest BCUT2D eigenvalue weighted by molar-refractivity contribution is 0.0697. The molecular formula is C17H14N2O2. The average Bonchev–Trinajstić information content (AvgIpc) is 2.47. The van der Waals surface area contributed by atoms with Crippen molar-refractivity contribution in [1.29, 1.82) is 0 Å². The van der Waals surface area contributed by atoms with Crippen molar-refractivity contribution < 1.29 is 9.90 Å². The van der Waals surface area contributed by atoms with Gasteiger partial charge in [-0.2, -0.15) is 0 Å². The van der Waals surface area contributed by atoms with Crippen LogP contribution < -0.4 is 5.73 Å². The van der Waals surface area contributed by atoms with Gasteiger partial charge < -0.3 is 10.8 Å². The zero-order valence-electron chi connectivity index (χ0n) is 11.5. The smallest absolute Gasteiger partial charge is 0.335 e. The number of aromatic carboxylic acids is 1. The molecule has 2 aromatic carbocycles. The van der Waals surface area contributed by atoms with Gasteiger partial charge in [-0.15, -0.1) is 0 Å². The van der Waals surface area contributed by atoms with Crippen molar-refractivity contribution in [1.82, 2.24) is 4.98 Å². The number of carbonyl (C=O) groups is 1. The van der Waals surface area contributed by atoms with Crippen molar-refractivity contribution in [3.05, 3.63) is 59.8 Å². The maximum absolute atomic E-state index is 11.1. The van der Waals surface area contributed by atoms with Crippen LogP contribution in [0.15, 0.2) is 48.7 Å². The number of pyridine rings is 1. The van der Waals surface area contributed by atoms with E-state index in [9.17, 15) is 4.79 Å². The number of nitrogen functional groups attached to an aromatic ring is 1. The molecule has 0 radical (unpaired) electrons. The van der Waals surface area contributed by atoms with Gasteiger partial charge in [0.2, 0.25) is 0 Å². The fraction of sp³-hybridized carbons (Fsp3) is 0.0588. The fourth-order valence-corrected chi connectivity index (χ4v) is 2.39. The molecule has 1 heterocycles. The lowest BCUT2D eigenvalue weighted by Crippen LogP contribution is -1.97. The predicted octanol–water partition coefficient (Wildman–Crippen LogP) is 3.49. The summed E-state index contributed by atoms with van der Waals surface area (Å²) in [5.74, 6) is -0.439. The van der Waals surface area contributed by atoms with Crippen LogP contribution in [-0.2, 0) is 0 Å². The second kappa shape index (κ2) is 4.90. The van der Waals surface area contributed by atoms with E-state index in [2.05, 4.69) is 4.98 Å². The van der Waals surface area contributed by atoms with Crippen LogP contribution in [0, 0.1) is 6.92 Å². The number of anilines is 1. The van der Waals surface area contributed by atoms with E-state index in [1.54, 1.807) is 18.3 Å². The van der Waals surface area contributed by atoms with Crippen LogP contribution in [0.5, 0.6) is 0 Å². The molecule has 1 aromatic heterocycles. The summed E-state index contributed by atoms with van der Waals surface area (Å²) < 4.78 is 0. The molecule has 0 atom stereocenters. The third kappa shape index (κ3) is 2.43. The highest BCUT2D eigenvalue weighted by Gasteiger charge is 2.08. The minimum atomic E-state index is -0.925. The Bertz CT molecular complexity index is 857. The minimum Gasteiger partial charge on any atom is -0.478 e. The summed E-state index contributed by atoms with van der Waals surface area (Å²) in [5.41, 5.74) is 8.87. The molecule has 3 aromatic rings. The topological polar surface area (TPSA) is 76.2 Å². The number of carboxylic acids is 1. The van der Waals surface area contributed by atoms with E-state index < -0.39 is 5.97 Å². The summed E-state index contributed by atoms with van der Waals surface area (Å²) in [6.45, 7) is 1.96. The highest BCUT2D eigenvalue weighted by molar-refractivity contribution is 5.92. The van der Waals surface area contributed by atoms with Crippen molar-refractivity contribution in [2.24, 2.45) is 0 Å².